The Morgan fingerprint density at radius 2 is 1.75 bits per heavy atom. The second-order valence-electron chi connectivity index (χ2n) is 10.1. The molecule has 2 aromatic carbocycles. The minimum absolute atomic E-state index is 0.0797. The number of anilines is 3. The van der Waals surface area contributed by atoms with Gasteiger partial charge in [0.15, 0.2) is 0 Å². The van der Waals surface area contributed by atoms with E-state index in [2.05, 4.69) is 24.1 Å². The molecule has 8 heteroatoms. The number of benzene rings is 2. The van der Waals surface area contributed by atoms with E-state index < -0.39 is 0 Å². The summed E-state index contributed by atoms with van der Waals surface area (Å²) in [4.78, 5) is 45.3. The number of rotatable bonds is 5. The van der Waals surface area contributed by atoms with Crippen LogP contribution in [0.5, 0.6) is 0 Å². The molecule has 0 spiro atoms. The molecular weight excluding hydrogens is 456 g/mol. The molecule has 3 aliphatic heterocycles. The standard InChI is InChI=1S/C28H34N4O4/c1-19(2)20-6-9-22(10-7-20)29-26(33)18-32-25-17-21(27(34)30-13-15-36-16-14-30)8-11-23(25)31-12-4-3-5-24(31)28(32)35/h6-11,17,19,24H,3-5,12-16,18H2,1-2H3,(H,29,33)/t24-/m0/s1. The molecular formula is C28H34N4O4. The summed E-state index contributed by atoms with van der Waals surface area (Å²) >= 11 is 0. The second kappa shape index (κ2) is 10.3. The second-order valence-corrected chi connectivity index (χ2v) is 10.1. The van der Waals surface area contributed by atoms with E-state index in [0.29, 0.717) is 49.2 Å². The van der Waals surface area contributed by atoms with Crippen molar-refractivity contribution in [2.45, 2.75) is 45.1 Å². The van der Waals surface area contributed by atoms with Gasteiger partial charge in [0.2, 0.25) is 11.8 Å². The highest BCUT2D eigenvalue weighted by Crippen LogP contribution is 2.40. The van der Waals surface area contributed by atoms with Gasteiger partial charge in [-0.25, -0.2) is 0 Å². The van der Waals surface area contributed by atoms with Crippen LogP contribution in [-0.4, -0.2) is 68.1 Å². The average molecular weight is 491 g/mol. The molecule has 0 saturated carbocycles. The van der Waals surface area contributed by atoms with Crippen LogP contribution < -0.4 is 15.1 Å². The number of fused-ring (bicyclic) bond motifs is 3. The Bertz CT molecular complexity index is 1140. The topological polar surface area (TPSA) is 82.2 Å². The van der Waals surface area contributed by atoms with E-state index in [1.54, 1.807) is 15.9 Å². The van der Waals surface area contributed by atoms with Crippen LogP contribution in [0.25, 0.3) is 0 Å². The minimum Gasteiger partial charge on any atom is -0.378 e. The first kappa shape index (κ1) is 24.3. The Kier molecular flexibility index (Phi) is 6.96. The Morgan fingerprint density at radius 1 is 1.00 bits per heavy atom. The summed E-state index contributed by atoms with van der Waals surface area (Å²) in [7, 11) is 0. The maximum absolute atomic E-state index is 13.6. The summed E-state index contributed by atoms with van der Waals surface area (Å²) in [6.07, 6.45) is 2.77. The normalized spacial score (nSPS) is 19.7. The van der Waals surface area contributed by atoms with Gasteiger partial charge < -0.3 is 19.9 Å². The lowest BCUT2D eigenvalue weighted by Crippen LogP contribution is -2.56. The van der Waals surface area contributed by atoms with Gasteiger partial charge in [0.05, 0.1) is 24.6 Å². The number of amides is 3. The quantitative estimate of drug-likeness (QED) is 0.692. The van der Waals surface area contributed by atoms with Crippen LogP contribution in [0.4, 0.5) is 17.1 Å². The van der Waals surface area contributed by atoms with E-state index in [-0.39, 0.29) is 30.3 Å². The summed E-state index contributed by atoms with van der Waals surface area (Å²) in [6.45, 7) is 7.08. The molecule has 190 valence electrons. The van der Waals surface area contributed by atoms with Crippen molar-refractivity contribution >= 4 is 34.8 Å². The van der Waals surface area contributed by atoms with Crippen molar-refractivity contribution in [3.8, 4) is 0 Å². The number of morpholine rings is 1. The number of hydrogen-bond acceptors (Lipinski definition) is 5. The van der Waals surface area contributed by atoms with Crippen molar-refractivity contribution < 1.29 is 19.1 Å². The molecule has 0 aliphatic carbocycles. The first-order chi connectivity index (χ1) is 17.4. The van der Waals surface area contributed by atoms with Gasteiger partial charge in [0.25, 0.3) is 5.91 Å². The lowest BCUT2D eigenvalue weighted by Gasteiger charge is -2.45. The Balaban J connectivity index is 1.41. The Labute approximate surface area is 212 Å². The van der Waals surface area contributed by atoms with E-state index in [9.17, 15) is 14.4 Å². The molecule has 3 amide bonds. The summed E-state index contributed by atoms with van der Waals surface area (Å²) in [5, 5.41) is 2.93. The predicted octanol–water partition coefficient (Wildman–Crippen LogP) is 3.63. The molecule has 3 aliphatic rings. The first-order valence-electron chi connectivity index (χ1n) is 12.9. The maximum Gasteiger partial charge on any atom is 0.254 e. The molecule has 2 fully saturated rings. The number of hydrogen-bond donors (Lipinski definition) is 1. The van der Waals surface area contributed by atoms with Crippen LogP contribution in [-0.2, 0) is 14.3 Å². The molecule has 1 atom stereocenters. The Morgan fingerprint density at radius 3 is 2.47 bits per heavy atom. The Hall–Kier alpha value is -3.39. The lowest BCUT2D eigenvalue weighted by molar-refractivity contribution is -0.123. The molecule has 5 rings (SSSR count). The number of nitrogens with one attached hydrogen (secondary N) is 1. The highest BCUT2D eigenvalue weighted by Gasteiger charge is 2.40. The van der Waals surface area contributed by atoms with Gasteiger partial charge >= 0.3 is 0 Å². The van der Waals surface area contributed by atoms with E-state index in [4.69, 9.17) is 4.74 Å². The molecule has 2 saturated heterocycles. The SMILES string of the molecule is CC(C)c1ccc(NC(=O)CN2C(=O)[C@@H]3CCCCN3c3ccc(C(=O)N4CCOCC4)cc32)cc1. The fraction of sp³-hybridized carbons (Fsp3) is 0.464. The van der Waals surface area contributed by atoms with Crippen molar-refractivity contribution in [2.75, 3.05) is 54.5 Å². The van der Waals surface area contributed by atoms with Crippen LogP contribution >= 0.6 is 0 Å². The zero-order valence-electron chi connectivity index (χ0n) is 21.0. The third-order valence-electron chi connectivity index (χ3n) is 7.34. The maximum atomic E-state index is 13.6. The molecule has 3 heterocycles. The van der Waals surface area contributed by atoms with Crippen molar-refractivity contribution in [1.29, 1.82) is 0 Å². The number of nitrogens with zero attached hydrogens (tertiary/aromatic N) is 3. The summed E-state index contributed by atoms with van der Waals surface area (Å²) in [5.41, 5.74) is 3.95. The zero-order chi connectivity index (χ0) is 25.2. The molecule has 0 radical (unpaired) electrons. The molecule has 0 aromatic heterocycles. The molecule has 2 aromatic rings. The fourth-order valence-electron chi connectivity index (χ4n) is 5.30. The van der Waals surface area contributed by atoms with Crippen LogP contribution in [0.2, 0.25) is 0 Å². The van der Waals surface area contributed by atoms with Gasteiger partial charge in [-0.15, -0.1) is 0 Å². The van der Waals surface area contributed by atoms with Crippen LogP contribution in [0.3, 0.4) is 0 Å². The third kappa shape index (κ3) is 4.82. The third-order valence-corrected chi connectivity index (χ3v) is 7.34. The van der Waals surface area contributed by atoms with Crippen LogP contribution in [0.1, 0.15) is 54.9 Å². The smallest absolute Gasteiger partial charge is 0.254 e. The zero-order valence-corrected chi connectivity index (χ0v) is 21.0. The van der Waals surface area contributed by atoms with Crippen molar-refractivity contribution in [1.82, 2.24) is 4.90 Å². The van der Waals surface area contributed by atoms with Gasteiger partial charge in [0.1, 0.15) is 12.6 Å². The van der Waals surface area contributed by atoms with Crippen molar-refractivity contribution in [3.05, 3.63) is 53.6 Å². The molecule has 36 heavy (non-hydrogen) atoms. The molecule has 1 N–H and O–H groups in total. The first-order valence-corrected chi connectivity index (χ1v) is 12.9. The van der Waals surface area contributed by atoms with E-state index in [0.717, 1.165) is 31.5 Å². The fourth-order valence-corrected chi connectivity index (χ4v) is 5.30. The van der Waals surface area contributed by atoms with Gasteiger partial charge in [-0.1, -0.05) is 26.0 Å². The number of piperidine rings is 1. The van der Waals surface area contributed by atoms with Crippen LogP contribution in [0.15, 0.2) is 42.5 Å². The summed E-state index contributed by atoms with van der Waals surface area (Å²) in [5.74, 6) is -0.0155. The molecule has 0 unspecified atom stereocenters. The number of ether oxygens (including phenoxy) is 1. The van der Waals surface area contributed by atoms with Crippen LogP contribution in [0, 0.1) is 0 Å². The van der Waals surface area contributed by atoms with Crippen molar-refractivity contribution in [3.63, 3.8) is 0 Å². The minimum atomic E-state index is -0.273. The number of carbonyl (C=O) groups is 3. The van der Waals surface area contributed by atoms with E-state index >= 15 is 0 Å². The van der Waals surface area contributed by atoms with E-state index in [1.165, 1.54) is 5.56 Å². The largest absolute Gasteiger partial charge is 0.378 e. The van der Waals surface area contributed by atoms with Gasteiger partial charge in [-0.3, -0.25) is 19.3 Å². The average Bonchev–Trinajstić information content (AvgIpc) is 2.91. The highest BCUT2D eigenvalue weighted by atomic mass is 16.5. The molecule has 0 bridgehead atoms. The predicted molar refractivity (Wildman–Crippen MR) is 140 cm³/mol. The summed E-state index contributed by atoms with van der Waals surface area (Å²) < 4.78 is 5.38. The van der Waals surface area contributed by atoms with Gasteiger partial charge in [-0.05, 0) is 61.1 Å². The van der Waals surface area contributed by atoms with Gasteiger partial charge in [-0.2, -0.15) is 0 Å². The summed E-state index contributed by atoms with van der Waals surface area (Å²) in [6, 6.07) is 13.1. The number of carbonyl (C=O) groups excluding carboxylic acids is 3. The van der Waals surface area contributed by atoms with Crippen molar-refractivity contribution in [2.24, 2.45) is 0 Å². The lowest BCUT2D eigenvalue weighted by atomic mass is 9.95. The van der Waals surface area contributed by atoms with E-state index in [1.807, 2.05) is 36.4 Å². The monoisotopic (exact) mass is 490 g/mol. The van der Waals surface area contributed by atoms with Gasteiger partial charge in [0, 0.05) is 30.9 Å². The molecule has 8 nitrogen and oxygen atoms in total. The highest BCUT2D eigenvalue weighted by molar-refractivity contribution is 6.11.